The highest BCUT2D eigenvalue weighted by Gasteiger charge is 2.21. The third-order valence-corrected chi connectivity index (χ3v) is 5.47. The summed E-state index contributed by atoms with van der Waals surface area (Å²) in [7, 11) is 0. The second kappa shape index (κ2) is 8.21. The quantitative estimate of drug-likeness (QED) is 0.677. The van der Waals surface area contributed by atoms with Crippen LogP contribution in [0.15, 0.2) is 54.7 Å². The van der Waals surface area contributed by atoms with Crippen molar-refractivity contribution in [1.29, 1.82) is 0 Å². The Morgan fingerprint density at radius 1 is 0.889 bits per heavy atom. The zero-order valence-electron chi connectivity index (χ0n) is 15.6. The highest BCUT2D eigenvalue weighted by molar-refractivity contribution is 6.30. The standard InChI is InChI=1S/C21H24ClN5/c1-17-20(21(22)27(24-17)19-8-3-2-4-9-19)16-26-13-11-25(12-14-26)15-18-7-5-6-10-23-18/h2-10H,11-16H2,1H3. The van der Waals surface area contributed by atoms with Crippen molar-refractivity contribution in [3.05, 3.63) is 76.8 Å². The normalized spacial score (nSPS) is 15.9. The van der Waals surface area contributed by atoms with Crippen LogP contribution >= 0.6 is 11.6 Å². The molecule has 2 aromatic heterocycles. The van der Waals surface area contributed by atoms with Crippen molar-refractivity contribution >= 4 is 11.6 Å². The lowest BCUT2D eigenvalue weighted by Crippen LogP contribution is -2.45. The van der Waals surface area contributed by atoms with Gasteiger partial charge in [-0.1, -0.05) is 35.9 Å². The van der Waals surface area contributed by atoms with Crippen LogP contribution in [0, 0.1) is 6.92 Å². The van der Waals surface area contributed by atoms with Crippen LogP contribution < -0.4 is 0 Å². The molecule has 1 aromatic carbocycles. The molecule has 0 radical (unpaired) electrons. The van der Waals surface area contributed by atoms with Gasteiger partial charge < -0.3 is 0 Å². The lowest BCUT2D eigenvalue weighted by Gasteiger charge is -2.34. The van der Waals surface area contributed by atoms with Gasteiger partial charge in [0.25, 0.3) is 0 Å². The Morgan fingerprint density at radius 3 is 2.22 bits per heavy atom. The number of aromatic nitrogens is 3. The molecule has 5 nitrogen and oxygen atoms in total. The zero-order valence-corrected chi connectivity index (χ0v) is 16.3. The highest BCUT2D eigenvalue weighted by Crippen LogP contribution is 2.25. The second-order valence-electron chi connectivity index (χ2n) is 6.98. The van der Waals surface area contributed by atoms with E-state index in [0.29, 0.717) is 0 Å². The Labute approximate surface area is 165 Å². The molecule has 140 valence electrons. The monoisotopic (exact) mass is 381 g/mol. The van der Waals surface area contributed by atoms with E-state index in [1.54, 1.807) is 0 Å². The maximum absolute atomic E-state index is 6.67. The number of rotatable bonds is 5. The molecular weight excluding hydrogens is 358 g/mol. The molecule has 3 heterocycles. The maximum atomic E-state index is 6.67. The molecule has 0 saturated carbocycles. The summed E-state index contributed by atoms with van der Waals surface area (Å²) in [4.78, 5) is 9.35. The third kappa shape index (κ3) is 4.21. The van der Waals surface area contributed by atoms with Gasteiger partial charge in [0.15, 0.2) is 0 Å². The fourth-order valence-electron chi connectivity index (χ4n) is 3.50. The smallest absolute Gasteiger partial charge is 0.137 e. The minimum atomic E-state index is 0.717. The summed E-state index contributed by atoms with van der Waals surface area (Å²) in [5.41, 5.74) is 4.25. The van der Waals surface area contributed by atoms with Gasteiger partial charge in [-0.15, -0.1) is 0 Å². The predicted molar refractivity (Wildman–Crippen MR) is 108 cm³/mol. The van der Waals surface area contributed by atoms with Gasteiger partial charge in [0.2, 0.25) is 0 Å². The van der Waals surface area contributed by atoms with Crippen LogP contribution in [0.4, 0.5) is 0 Å². The van der Waals surface area contributed by atoms with Crippen LogP contribution in [0.25, 0.3) is 5.69 Å². The van der Waals surface area contributed by atoms with E-state index in [0.717, 1.165) is 67.1 Å². The predicted octanol–water partition coefficient (Wildman–Crippen LogP) is 3.55. The van der Waals surface area contributed by atoms with Crippen molar-refractivity contribution < 1.29 is 0 Å². The van der Waals surface area contributed by atoms with Crippen LogP contribution in [0.3, 0.4) is 0 Å². The van der Waals surface area contributed by atoms with Gasteiger partial charge in [-0.3, -0.25) is 14.8 Å². The van der Waals surface area contributed by atoms with Gasteiger partial charge in [-0.25, -0.2) is 4.68 Å². The first-order valence-electron chi connectivity index (χ1n) is 9.35. The number of halogens is 1. The van der Waals surface area contributed by atoms with Crippen LogP contribution in [0.2, 0.25) is 5.15 Å². The molecule has 0 spiro atoms. The number of hydrogen-bond donors (Lipinski definition) is 0. The van der Waals surface area contributed by atoms with Gasteiger partial charge in [-0.05, 0) is 31.2 Å². The van der Waals surface area contributed by atoms with Crippen molar-refractivity contribution in [2.24, 2.45) is 0 Å². The van der Waals surface area contributed by atoms with Gasteiger partial charge >= 0.3 is 0 Å². The highest BCUT2D eigenvalue weighted by atomic mass is 35.5. The first-order valence-corrected chi connectivity index (χ1v) is 9.72. The Kier molecular flexibility index (Phi) is 5.53. The third-order valence-electron chi connectivity index (χ3n) is 5.08. The minimum absolute atomic E-state index is 0.717. The fourth-order valence-corrected chi connectivity index (χ4v) is 3.83. The summed E-state index contributed by atoms with van der Waals surface area (Å²) < 4.78 is 1.84. The zero-order chi connectivity index (χ0) is 18.6. The van der Waals surface area contributed by atoms with Crippen LogP contribution in [0.1, 0.15) is 17.0 Å². The van der Waals surface area contributed by atoms with E-state index in [9.17, 15) is 0 Å². The largest absolute Gasteiger partial charge is 0.296 e. The van der Waals surface area contributed by atoms with Crippen molar-refractivity contribution in [2.45, 2.75) is 20.0 Å². The molecule has 1 aliphatic heterocycles. The fraction of sp³-hybridized carbons (Fsp3) is 0.333. The molecule has 0 bridgehead atoms. The minimum Gasteiger partial charge on any atom is -0.296 e. The Balaban J connectivity index is 1.39. The number of nitrogens with zero attached hydrogens (tertiary/aromatic N) is 5. The number of pyridine rings is 1. The van der Waals surface area contributed by atoms with Gasteiger partial charge in [0, 0.05) is 51.0 Å². The number of para-hydroxylation sites is 1. The van der Waals surface area contributed by atoms with Crippen molar-refractivity contribution in [1.82, 2.24) is 24.6 Å². The Morgan fingerprint density at radius 2 is 1.56 bits per heavy atom. The van der Waals surface area contributed by atoms with Crippen LogP contribution in [-0.2, 0) is 13.1 Å². The number of aryl methyl sites for hydroxylation is 1. The molecular formula is C21H24ClN5. The van der Waals surface area contributed by atoms with E-state index in [-0.39, 0.29) is 0 Å². The summed E-state index contributed by atoms with van der Waals surface area (Å²) in [5.74, 6) is 0. The molecule has 4 rings (SSSR count). The molecule has 0 N–H and O–H groups in total. The van der Waals surface area contributed by atoms with Gasteiger partial charge in [0.05, 0.1) is 17.1 Å². The molecule has 1 fully saturated rings. The summed E-state index contributed by atoms with van der Waals surface area (Å²) in [6.07, 6.45) is 1.86. The van der Waals surface area contributed by atoms with Crippen molar-refractivity contribution in [2.75, 3.05) is 26.2 Å². The van der Waals surface area contributed by atoms with E-state index in [2.05, 4.69) is 25.9 Å². The summed E-state index contributed by atoms with van der Waals surface area (Å²) in [6.45, 7) is 7.94. The van der Waals surface area contributed by atoms with E-state index in [1.165, 1.54) is 0 Å². The van der Waals surface area contributed by atoms with Crippen LogP contribution in [-0.4, -0.2) is 50.7 Å². The van der Waals surface area contributed by atoms with Gasteiger partial charge in [0.1, 0.15) is 5.15 Å². The molecule has 1 saturated heterocycles. The Bertz CT molecular complexity index is 870. The SMILES string of the molecule is Cc1nn(-c2ccccc2)c(Cl)c1CN1CCN(Cc2ccccn2)CC1. The summed E-state index contributed by atoms with van der Waals surface area (Å²) in [5, 5.41) is 5.37. The molecule has 27 heavy (non-hydrogen) atoms. The number of hydrogen-bond acceptors (Lipinski definition) is 4. The summed E-state index contributed by atoms with van der Waals surface area (Å²) >= 11 is 6.67. The number of piperazine rings is 1. The Hall–Kier alpha value is -2.21. The molecule has 0 amide bonds. The van der Waals surface area contributed by atoms with Crippen LogP contribution in [0.5, 0.6) is 0 Å². The van der Waals surface area contributed by atoms with E-state index >= 15 is 0 Å². The molecule has 6 heteroatoms. The van der Waals surface area contributed by atoms with Gasteiger partial charge in [-0.2, -0.15) is 5.10 Å². The molecule has 0 aliphatic carbocycles. The summed E-state index contributed by atoms with van der Waals surface area (Å²) in [6, 6.07) is 16.2. The number of benzene rings is 1. The average molecular weight is 382 g/mol. The molecule has 3 aromatic rings. The first-order chi connectivity index (χ1) is 13.2. The van der Waals surface area contributed by atoms with Crippen molar-refractivity contribution in [3.63, 3.8) is 0 Å². The first kappa shape index (κ1) is 18.2. The van der Waals surface area contributed by atoms with Crippen molar-refractivity contribution in [3.8, 4) is 5.69 Å². The van der Waals surface area contributed by atoms with E-state index in [1.807, 2.05) is 60.3 Å². The lowest BCUT2D eigenvalue weighted by molar-refractivity contribution is 0.121. The topological polar surface area (TPSA) is 37.2 Å². The van der Waals surface area contributed by atoms with E-state index < -0.39 is 0 Å². The van der Waals surface area contributed by atoms with E-state index in [4.69, 9.17) is 11.6 Å². The maximum Gasteiger partial charge on any atom is 0.137 e. The molecule has 0 atom stereocenters. The second-order valence-corrected chi connectivity index (χ2v) is 7.33. The average Bonchev–Trinajstić information content (AvgIpc) is 2.99. The molecule has 0 unspecified atom stereocenters. The molecule has 1 aliphatic rings. The lowest BCUT2D eigenvalue weighted by atomic mass is 10.2.